The van der Waals surface area contributed by atoms with Crippen LogP contribution in [0.3, 0.4) is 0 Å². The Kier molecular flexibility index (Phi) is 6.00. The summed E-state index contributed by atoms with van der Waals surface area (Å²) in [6.45, 7) is 8.42. The molecule has 3 rings (SSSR count). The quantitative estimate of drug-likeness (QED) is 0.810. The average Bonchev–Trinajstić information content (AvgIpc) is 3.08. The Morgan fingerprint density at radius 1 is 1.31 bits per heavy atom. The molecule has 0 bridgehead atoms. The third kappa shape index (κ3) is 5.19. The molecule has 29 heavy (non-hydrogen) atoms. The fourth-order valence-electron chi connectivity index (χ4n) is 3.34. The van der Waals surface area contributed by atoms with Gasteiger partial charge in [0.2, 0.25) is 5.95 Å². The molecule has 1 amide bonds. The summed E-state index contributed by atoms with van der Waals surface area (Å²) in [4.78, 5) is 22.7. The summed E-state index contributed by atoms with van der Waals surface area (Å²) in [7, 11) is 0. The molecule has 1 aromatic carbocycles. The van der Waals surface area contributed by atoms with Crippen LogP contribution in [0.2, 0.25) is 0 Å². The number of rotatable bonds is 4. The van der Waals surface area contributed by atoms with Crippen LogP contribution in [0.4, 0.5) is 19.5 Å². The smallest absolute Gasteiger partial charge is 0.410 e. The Hall–Kier alpha value is -2.77. The first kappa shape index (κ1) is 21.0. The second-order valence-corrected chi connectivity index (χ2v) is 8.17. The number of nitrogens with one attached hydrogen (secondary N) is 1. The van der Waals surface area contributed by atoms with Crippen molar-refractivity contribution in [2.75, 3.05) is 18.4 Å². The number of anilines is 1. The zero-order chi connectivity index (χ0) is 21.2. The predicted molar refractivity (Wildman–Crippen MR) is 107 cm³/mol. The first-order valence-corrected chi connectivity index (χ1v) is 9.66. The number of hydrogen-bond acceptors (Lipinski definition) is 5. The third-order valence-corrected chi connectivity index (χ3v) is 4.70. The van der Waals surface area contributed by atoms with E-state index < -0.39 is 17.2 Å². The maximum atomic E-state index is 14.0. The standard InChI is InChI=1S/C21H26F2N4O2/c1-13-17(16-8-7-14(22)10-18(16)23)12-25-19(26-13)24-11-15-6-5-9-27(15)20(28)29-21(2,3)4/h7-8,10,12,15H,5-6,9,11H2,1-4H3,(H,24,25,26)/t15-/m1/s1. The second-order valence-electron chi connectivity index (χ2n) is 8.17. The van der Waals surface area contributed by atoms with Gasteiger partial charge in [-0.1, -0.05) is 0 Å². The molecule has 0 saturated carbocycles. The van der Waals surface area contributed by atoms with Crippen molar-refractivity contribution in [1.82, 2.24) is 14.9 Å². The summed E-state index contributed by atoms with van der Waals surface area (Å²) in [5.74, 6) is -0.893. The van der Waals surface area contributed by atoms with Crippen molar-refractivity contribution >= 4 is 12.0 Å². The van der Waals surface area contributed by atoms with E-state index in [1.54, 1.807) is 11.8 Å². The average molecular weight is 404 g/mol. The summed E-state index contributed by atoms with van der Waals surface area (Å²) >= 11 is 0. The van der Waals surface area contributed by atoms with Crippen molar-refractivity contribution in [3.63, 3.8) is 0 Å². The Labute approximate surface area is 169 Å². The van der Waals surface area contributed by atoms with Crippen LogP contribution in [0.15, 0.2) is 24.4 Å². The fourth-order valence-corrected chi connectivity index (χ4v) is 3.34. The minimum absolute atomic E-state index is 0.0111. The van der Waals surface area contributed by atoms with Gasteiger partial charge in [0.1, 0.15) is 17.2 Å². The van der Waals surface area contributed by atoms with Crippen LogP contribution in [0.1, 0.15) is 39.3 Å². The molecule has 156 valence electrons. The lowest BCUT2D eigenvalue weighted by atomic mass is 10.1. The van der Waals surface area contributed by atoms with Crippen molar-refractivity contribution in [2.24, 2.45) is 0 Å². The number of aryl methyl sites for hydroxylation is 1. The first-order chi connectivity index (χ1) is 13.6. The molecule has 8 heteroatoms. The van der Waals surface area contributed by atoms with Crippen LogP contribution in [0.5, 0.6) is 0 Å². The summed E-state index contributed by atoms with van der Waals surface area (Å²) in [5, 5.41) is 3.15. The molecule has 2 aromatic rings. The number of ether oxygens (including phenoxy) is 1. The highest BCUT2D eigenvalue weighted by molar-refractivity contribution is 5.69. The van der Waals surface area contributed by atoms with Crippen molar-refractivity contribution in [3.05, 3.63) is 41.7 Å². The van der Waals surface area contributed by atoms with Gasteiger partial charge >= 0.3 is 6.09 Å². The Bertz CT molecular complexity index is 899. The summed E-state index contributed by atoms with van der Waals surface area (Å²) in [5.41, 5.74) is 0.790. The minimum Gasteiger partial charge on any atom is -0.444 e. The SMILES string of the molecule is Cc1nc(NC[C@H]2CCCN2C(=O)OC(C)(C)C)ncc1-c1ccc(F)cc1F. The summed E-state index contributed by atoms with van der Waals surface area (Å²) < 4.78 is 32.7. The molecule has 0 spiro atoms. The van der Waals surface area contributed by atoms with E-state index in [1.165, 1.54) is 18.3 Å². The van der Waals surface area contributed by atoms with Crippen molar-refractivity contribution in [2.45, 2.75) is 52.2 Å². The normalized spacial score (nSPS) is 16.8. The van der Waals surface area contributed by atoms with Crippen LogP contribution < -0.4 is 5.32 Å². The lowest BCUT2D eigenvalue weighted by Crippen LogP contribution is -2.42. The van der Waals surface area contributed by atoms with Gasteiger partial charge in [-0.15, -0.1) is 0 Å². The van der Waals surface area contributed by atoms with Crippen LogP contribution >= 0.6 is 0 Å². The van der Waals surface area contributed by atoms with Gasteiger partial charge in [-0.2, -0.15) is 0 Å². The minimum atomic E-state index is -0.656. The number of carbonyl (C=O) groups excluding carboxylic acids is 1. The molecular weight excluding hydrogens is 378 g/mol. The van der Waals surface area contributed by atoms with E-state index in [2.05, 4.69) is 15.3 Å². The number of hydrogen-bond donors (Lipinski definition) is 1. The zero-order valence-electron chi connectivity index (χ0n) is 17.1. The number of carbonyl (C=O) groups is 1. The molecule has 1 atom stereocenters. The molecule has 6 nitrogen and oxygen atoms in total. The molecule has 1 saturated heterocycles. The summed E-state index contributed by atoms with van der Waals surface area (Å²) in [6.07, 6.45) is 2.97. The van der Waals surface area contributed by atoms with Gasteiger partial charge in [-0.3, -0.25) is 0 Å². The van der Waals surface area contributed by atoms with Crippen LogP contribution in [0.25, 0.3) is 11.1 Å². The topological polar surface area (TPSA) is 67.4 Å². The van der Waals surface area contributed by atoms with E-state index in [0.717, 1.165) is 18.9 Å². The molecule has 0 unspecified atom stereocenters. The van der Waals surface area contributed by atoms with Crippen molar-refractivity contribution in [3.8, 4) is 11.1 Å². The number of amides is 1. The second kappa shape index (κ2) is 8.31. The lowest BCUT2D eigenvalue weighted by Gasteiger charge is -2.28. The van der Waals surface area contributed by atoms with E-state index in [0.29, 0.717) is 30.3 Å². The predicted octanol–water partition coefficient (Wildman–Crippen LogP) is 4.54. The number of halogens is 2. The van der Waals surface area contributed by atoms with E-state index in [9.17, 15) is 13.6 Å². The van der Waals surface area contributed by atoms with Gasteiger partial charge in [-0.05, 0) is 52.7 Å². The number of aromatic nitrogens is 2. The van der Waals surface area contributed by atoms with Gasteiger partial charge in [0.05, 0.1) is 11.7 Å². The largest absolute Gasteiger partial charge is 0.444 e. The Morgan fingerprint density at radius 3 is 2.72 bits per heavy atom. The monoisotopic (exact) mass is 404 g/mol. The highest BCUT2D eigenvalue weighted by atomic mass is 19.1. The number of nitrogens with zero attached hydrogens (tertiary/aromatic N) is 3. The van der Waals surface area contributed by atoms with Gasteiger partial charge in [-0.25, -0.2) is 23.5 Å². The third-order valence-electron chi connectivity index (χ3n) is 4.70. The molecule has 1 aliphatic rings. The molecule has 2 heterocycles. The zero-order valence-corrected chi connectivity index (χ0v) is 17.1. The lowest BCUT2D eigenvalue weighted by molar-refractivity contribution is 0.0235. The Morgan fingerprint density at radius 2 is 2.07 bits per heavy atom. The molecule has 0 radical (unpaired) electrons. The molecule has 1 aliphatic heterocycles. The first-order valence-electron chi connectivity index (χ1n) is 9.66. The van der Waals surface area contributed by atoms with E-state index in [-0.39, 0.29) is 17.7 Å². The Balaban J connectivity index is 1.66. The van der Waals surface area contributed by atoms with Crippen molar-refractivity contribution < 1.29 is 18.3 Å². The fraction of sp³-hybridized carbons (Fsp3) is 0.476. The molecular formula is C21H26F2N4O2. The van der Waals surface area contributed by atoms with Crippen LogP contribution in [0, 0.1) is 18.6 Å². The van der Waals surface area contributed by atoms with E-state index >= 15 is 0 Å². The van der Waals surface area contributed by atoms with Crippen LogP contribution in [-0.2, 0) is 4.74 Å². The van der Waals surface area contributed by atoms with Gasteiger partial charge < -0.3 is 15.0 Å². The van der Waals surface area contributed by atoms with Crippen molar-refractivity contribution in [1.29, 1.82) is 0 Å². The summed E-state index contributed by atoms with van der Waals surface area (Å²) in [6, 6.07) is 3.41. The van der Waals surface area contributed by atoms with Gasteiger partial charge in [0, 0.05) is 36.5 Å². The molecule has 1 fully saturated rings. The van der Waals surface area contributed by atoms with E-state index in [4.69, 9.17) is 4.74 Å². The molecule has 1 aromatic heterocycles. The molecule has 0 aliphatic carbocycles. The van der Waals surface area contributed by atoms with Crippen LogP contribution in [-0.4, -0.2) is 45.7 Å². The maximum absolute atomic E-state index is 14.0. The van der Waals surface area contributed by atoms with E-state index in [1.807, 2.05) is 20.8 Å². The highest BCUT2D eigenvalue weighted by Crippen LogP contribution is 2.26. The van der Waals surface area contributed by atoms with Gasteiger partial charge in [0.25, 0.3) is 0 Å². The molecule has 1 N–H and O–H groups in total. The number of likely N-dealkylation sites (tertiary alicyclic amines) is 1. The highest BCUT2D eigenvalue weighted by Gasteiger charge is 2.32. The van der Waals surface area contributed by atoms with Gasteiger partial charge in [0.15, 0.2) is 0 Å². The number of benzene rings is 1. The maximum Gasteiger partial charge on any atom is 0.410 e.